The molecule has 1 aromatic carbocycles. The normalized spacial score (nSPS) is 28.4. The van der Waals surface area contributed by atoms with Crippen molar-refractivity contribution in [3.8, 4) is 0 Å². The predicted molar refractivity (Wildman–Crippen MR) is 104 cm³/mol. The number of fused-ring (bicyclic) bond motifs is 2. The van der Waals surface area contributed by atoms with E-state index in [1.54, 1.807) is 13.0 Å². The van der Waals surface area contributed by atoms with Gasteiger partial charge in [-0.05, 0) is 43.7 Å². The van der Waals surface area contributed by atoms with Crippen LogP contribution in [0, 0.1) is 6.57 Å². The molecule has 1 aliphatic carbocycles. The molecule has 6 heteroatoms. The summed E-state index contributed by atoms with van der Waals surface area (Å²) in [6.45, 7) is 12.4. The molecule has 0 aromatic heterocycles. The minimum Gasteiger partial charge on any atom is -0.342 e. The molecule has 4 rings (SSSR count). The third kappa shape index (κ3) is 3.10. The standard InChI is InChI=1S/C21H26N4O2/c1-15(26)24-10-3-11-25(13-12-24)17-6-8-21(9-7-17)18-5-4-16(22-2)14-19(18)23-20(21)27/h4-5,14,17H,3,6-13H2,1H3,(H,23,27). The zero-order valence-electron chi connectivity index (χ0n) is 15.8. The number of carbonyl (C=O) groups is 2. The molecule has 2 heterocycles. The van der Waals surface area contributed by atoms with Crippen molar-refractivity contribution >= 4 is 23.2 Å². The first-order chi connectivity index (χ1) is 13.0. The molecular formula is C21H26N4O2. The van der Waals surface area contributed by atoms with Crippen molar-refractivity contribution in [3.05, 3.63) is 35.2 Å². The lowest BCUT2D eigenvalue weighted by Gasteiger charge is -2.40. The minimum absolute atomic E-state index is 0.0942. The summed E-state index contributed by atoms with van der Waals surface area (Å²) in [6, 6.07) is 6.08. The van der Waals surface area contributed by atoms with E-state index in [1.165, 1.54) is 0 Å². The fourth-order valence-electron chi connectivity index (χ4n) is 5.06. The largest absolute Gasteiger partial charge is 0.342 e. The predicted octanol–water partition coefficient (Wildman–Crippen LogP) is 2.92. The van der Waals surface area contributed by atoms with Crippen molar-refractivity contribution in [1.82, 2.24) is 9.80 Å². The molecule has 1 saturated heterocycles. The first-order valence-electron chi connectivity index (χ1n) is 9.86. The van der Waals surface area contributed by atoms with Gasteiger partial charge in [0.2, 0.25) is 11.8 Å². The number of hydrogen-bond acceptors (Lipinski definition) is 3. The Labute approximate surface area is 160 Å². The van der Waals surface area contributed by atoms with Crippen molar-refractivity contribution in [2.24, 2.45) is 0 Å². The number of rotatable bonds is 1. The smallest absolute Gasteiger partial charge is 0.235 e. The van der Waals surface area contributed by atoms with Crippen LogP contribution in [0.5, 0.6) is 0 Å². The van der Waals surface area contributed by atoms with Gasteiger partial charge in [0.05, 0.1) is 12.0 Å². The molecule has 6 nitrogen and oxygen atoms in total. The fraction of sp³-hybridized carbons (Fsp3) is 0.571. The molecule has 142 valence electrons. The zero-order chi connectivity index (χ0) is 19.0. The van der Waals surface area contributed by atoms with E-state index in [2.05, 4.69) is 15.1 Å². The van der Waals surface area contributed by atoms with Crippen LogP contribution in [-0.4, -0.2) is 53.8 Å². The van der Waals surface area contributed by atoms with Crippen LogP contribution in [-0.2, 0) is 15.0 Å². The van der Waals surface area contributed by atoms with Crippen LogP contribution < -0.4 is 5.32 Å². The number of amides is 2. The van der Waals surface area contributed by atoms with Gasteiger partial charge in [-0.1, -0.05) is 12.1 Å². The van der Waals surface area contributed by atoms with Gasteiger partial charge in [0.15, 0.2) is 5.69 Å². The van der Waals surface area contributed by atoms with Crippen LogP contribution in [0.15, 0.2) is 18.2 Å². The van der Waals surface area contributed by atoms with Gasteiger partial charge in [-0.2, -0.15) is 0 Å². The average Bonchev–Trinajstić information content (AvgIpc) is 2.84. The zero-order valence-corrected chi connectivity index (χ0v) is 15.8. The van der Waals surface area contributed by atoms with Gasteiger partial charge in [0.25, 0.3) is 0 Å². The lowest BCUT2D eigenvalue weighted by molar-refractivity contribution is -0.128. The molecule has 3 aliphatic rings. The molecule has 0 unspecified atom stereocenters. The van der Waals surface area contributed by atoms with Crippen molar-refractivity contribution in [2.45, 2.75) is 50.5 Å². The molecule has 0 bridgehead atoms. The Balaban J connectivity index is 1.46. The number of nitrogens with zero attached hydrogens (tertiary/aromatic N) is 3. The summed E-state index contributed by atoms with van der Waals surface area (Å²) in [7, 11) is 0. The monoisotopic (exact) mass is 366 g/mol. The van der Waals surface area contributed by atoms with Gasteiger partial charge in [-0.25, -0.2) is 4.85 Å². The van der Waals surface area contributed by atoms with Crippen molar-refractivity contribution in [3.63, 3.8) is 0 Å². The molecule has 2 fully saturated rings. The topological polar surface area (TPSA) is 57.0 Å². The highest BCUT2D eigenvalue weighted by Gasteiger charge is 2.49. The van der Waals surface area contributed by atoms with Crippen LogP contribution in [0.2, 0.25) is 0 Å². The second-order valence-corrected chi connectivity index (χ2v) is 8.00. The summed E-state index contributed by atoms with van der Waals surface area (Å²) in [5.74, 6) is 0.258. The molecule has 2 aliphatic heterocycles. The number of hydrogen-bond donors (Lipinski definition) is 1. The van der Waals surface area contributed by atoms with E-state index in [9.17, 15) is 9.59 Å². The minimum atomic E-state index is -0.427. The quantitative estimate of drug-likeness (QED) is 0.778. The Kier molecular flexibility index (Phi) is 4.65. The summed E-state index contributed by atoms with van der Waals surface area (Å²) in [5, 5.41) is 3.02. The lowest BCUT2D eigenvalue weighted by atomic mass is 9.68. The number of anilines is 1. The maximum atomic E-state index is 12.8. The van der Waals surface area contributed by atoms with E-state index in [0.29, 0.717) is 11.7 Å². The van der Waals surface area contributed by atoms with Crippen molar-refractivity contribution in [2.75, 3.05) is 31.5 Å². The summed E-state index contributed by atoms with van der Waals surface area (Å²) in [5.41, 5.74) is 2.03. The van der Waals surface area contributed by atoms with Crippen LogP contribution in [0.3, 0.4) is 0 Å². The van der Waals surface area contributed by atoms with Crippen LogP contribution in [0.25, 0.3) is 4.85 Å². The highest BCUT2D eigenvalue weighted by Crippen LogP contribution is 2.49. The van der Waals surface area contributed by atoms with Crippen LogP contribution >= 0.6 is 0 Å². The van der Waals surface area contributed by atoms with E-state index in [1.807, 2.05) is 17.0 Å². The molecule has 27 heavy (non-hydrogen) atoms. The van der Waals surface area contributed by atoms with E-state index in [-0.39, 0.29) is 11.8 Å². The summed E-state index contributed by atoms with van der Waals surface area (Å²) in [6.07, 6.45) is 4.71. The van der Waals surface area contributed by atoms with Gasteiger partial charge >= 0.3 is 0 Å². The number of carbonyl (C=O) groups excluding carboxylic acids is 2. The van der Waals surface area contributed by atoms with E-state index >= 15 is 0 Å². The molecule has 2 amide bonds. The fourth-order valence-corrected chi connectivity index (χ4v) is 5.06. The number of nitrogens with one attached hydrogen (secondary N) is 1. The summed E-state index contributed by atoms with van der Waals surface area (Å²) < 4.78 is 0. The van der Waals surface area contributed by atoms with Crippen LogP contribution in [0.4, 0.5) is 11.4 Å². The van der Waals surface area contributed by atoms with Gasteiger partial charge < -0.3 is 10.2 Å². The Bertz CT molecular complexity index is 805. The van der Waals surface area contributed by atoms with Gasteiger partial charge in [0, 0.05) is 44.8 Å². The maximum absolute atomic E-state index is 12.8. The molecule has 1 saturated carbocycles. The van der Waals surface area contributed by atoms with Crippen molar-refractivity contribution in [1.29, 1.82) is 0 Å². The first-order valence-corrected chi connectivity index (χ1v) is 9.86. The molecule has 1 aromatic rings. The van der Waals surface area contributed by atoms with E-state index in [4.69, 9.17) is 6.57 Å². The second-order valence-electron chi connectivity index (χ2n) is 8.00. The SMILES string of the molecule is [C-]#[N+]c1ccc2c(c1)NC(=O)C21CCC(N2CCCN(C(C)=O)CC2)CC1. The highest BCUT2D eigenvalue weighted by atomic mass is 16.2. The average molecular weight is 366 g/mol. The van der Waals surface area contributed by atoms with E-state index in [0.717, 1.165) is 69.5 Å². The third-order valence-electron chi connectivity index (χ3n) is 6.63. The first kappa shape index (κ1) is 18.0. The molecule has 0 radical (unpaired) electrons. The van der Waals surface area contributed by atoms with Crippen LogP contribution in [0.1, 0.15) is 44.6 Å². The molecular weight excluding hydrogens is 340 g/mol. The third-order valence-corrected chi connectivity index (χ3v) is 6.63. The highest BCUT2D eigenvalue weighted by molar-refractivity contribution is 6.06. The Hall–Kier alpha value is -2.39. The van der Waals surface area contributed by atoms with Gasteiger partial charge in [0.1, 0.15) is 0 Å². The Morgan fingerprint density at radius 2 is 2.00 bits per heavy atom. The molecule has 0 atom stereocenters. The van der Waals surface area contributed by atoms with Crippen molar-refractivity contribution < 1.29 is 9.59 Å². The van der Waals surface area contributed by atoms with E-state index < -0.39 is 5.41 Å². The summed E-state index contributed by atoms with van der Waals surface area (Å²) in [4.78, 5) is 32.4. The van der Waals surface area contributed by atoms with Gasteiger partial charge in [-0.3, -0.25) is 14.5 Å². The Morgan fingerprint density at radius 1 is 1.22 bits per heavy atom. The second kappa shape index (κ2) is 6.97. The number of benzene rings is 1. The lowest BCUT2D eigenvalue weighted by Crippen LogP contribution is -2.46. The maximum Gasteiger partial charge on any atom is 0.235 e. The molecule has 1 spiro atoms. The molecule has 1 N–H and O–H groups in total. The van der Waals surface area contributed by atoms with Gasteiger partial charge in [-0.15, -0.1) is 0 Å². The summed E-state index contributed by atoms with van der Waals surface area (Å²) >= 11 is 0. The Morgan fingerprint density at radius 3 is 2.70 bits per heavy atom.